The molecule has 2 aromatic carbocycles. The van der Waals surface area contributed by atoms with Crippen LogP contribution < -0.4 is 0 Å². The van der Waals surface area contributed by atoms with Crippen LogP contribution in [0.4, 0.5) is 0 Å². The molecule has 1 heterocycles. The van der Waals surface area contributed by atoms with E-state index in [0.717, 1.165) is 21.4 Å². The second-order valence-corrected chi connectivity index (χ2v) is 6.67. The van der Waals surface area contributed by atoms with E-state index in [1.807, 2.05) is 30.5 Å². The predicted octanol–water partition coefficient (Wildman–Crippen LogP) is 4.46. The minimum absolute atomic E-state index is 0.0483. The van der Waals surface area contributed by atoms with Crippen LogP contribution in [0.15, 0.2) is 53.4 Å². The highest BCUT2D eigenvalue weighted by atomic mass is 35.5. The fourth-order valence-electron chi connectivity index (χ4n) is 2.37. The Balaban J connectivity index is 1.75. The molecule has 0 atom stereocenters. The number of rotatable bonds is 5. The van der Waals surface area contributed by atoms with Crippen molar-refractivity contribution in [2.75, 3.05) is 6.26 Å². The lowest BCUT2D eigenvalue weighted by molar-refractivity contribution is 0.0472. The molecule has 0 aliphatic heterocycles. The highest BCUT2D eigenvalue weighted by molar-refractivity contribution is 7.98. The summed E-state index contributed by atoms with van der Waals surface area (Å²) < 4.78 is 5.33. The molecular weight excluding hydrogens is 358 g/mol. The number of hydrogen-bond donors (Lipinski definition) is 1. The molecule has 1 aromatic heterocycles. The molecule has 0 aliphatic rings. The predicted molar refractivity (Wildman–Crippen MR) is 100 cm³/mol. The Morgan fingerprint density at radius 3 is 2.64 bits per heavy atom. The normalized spacial score (nSPS) is 10.8. The maximum absolute atomic E-state index is 12.1. The quantitative estimate of drug-likeness (QED) is 0.406. The van der Waals surface area contributed by atoms with Gasteiger partial charge in [-0.2, -0.15) is 0 Å². The monoisotopic (exact) mass is 373 g/mol. The van der Waals surface area contributed by atoms with Crippen molar-refractivity contribution in [3.05, 3.63) is 70.4 Å². The van der Waals surface area contributed by atoms with E-state index in [1.54, 1.807) is 36.0 Å². The zero-order valence-corrected chi connectivity index (χ0v) is 15.1. The van der Waals surface area contributed by atoms with Crippen LogP contribution in [0.3, 0.4) is 0 Å². The molecule has 1 N–H and O–H groups in total. The third-order valence-corrected chi connectivity index (χ3v) is 4.83. The average molecular weight is 374 g/mol. The molecule has 0 bridgehead atoms. The van der Waals surface area contributed by atoms with Crippen LogP contribution in [0.1, 0.15) is 21.5 Å². The number of nitrogens with zero attached hydrogens (tertiary/aromatic N) is 1. The molecule has 128 valence electrons. The van der Waals surface area contributed by atoms with Crippen LogP contribution in [0.2, 0.25) is 5.15 Å². The summed E-state index contributed by atoms with van der Waals surface area (Å²) in [5.41, 5.74) is 2.63. The van der Waals surface area contributed by atoms with Crippen molar-refractivity contribution in [2.45, 2.75) is 18.1 Å². The van der Waals surface area contributed by atoms with Crippen molar-refractivity contribution in [1.82, 2.24) is 4.98 Å². The van der Waals surface area contributed by atoms with Gasteiger partial charge in [-0.25, -0.2) is 9.78 Å². The summed E-state index contributed by atoms with van der Waals surface area (Å²) in [6, 6.07) is 14.5. The molecule has 0 unspecified atom stereocenters. The lowest BCUT2D eigenvalue weighted by atomic mass is 10.1. The smallest absolute Gasteiger partial charge is 0.338 e. The van der Waals surface area contributed by atoms with Crippen LogP contribution in [-0.2, 0) is 18.0 Å². The number of halogens is 1. The number of hydrogen-bond acceptors (Lipinski definition) is 5. The molecule has 0 saturated heterocycles. The lowest BCUT2D eigenvalue weighted by Gasteiger charge is -2.09. The zero-order valence-electron chi connectivity index (χ0n) is 13.5. The molecule has 4 nitrogen and oxygen atoms in total. The molecule has 0 fully saturated rings. The first-order valence-electron chi connectivity index (χ1n) is 7.61. The summed E-state index contributed by atoms with van der Waals surface area (Å²) in [6.07, 6.45) is 2.00. The van der Waals surface area contributed by atoms with Crippen molar-refractivity contribution >= 4 is 40.2 Å². The molecule has 0 radical (unpaired) electrons. The van der Waals surface area contributed by atoms with Gasteiger partial charge in [-0.05, 0) is 42.2 Å². The number of fused-ring (bicyclic) bond motifs is 1. The molecule has 0 amide bonds. The second-order valence-electron chi connectivity index (χ2n) is 5.43. The number of carbonyl (C=O) groups excluding carboxylic acids is 1. The molecule has 0 aliphatic carbocycles. The Kier molecular flexibility index (Phi) is 5.58. The van der Waals surface area contributed by atoms with Gasteiger partial charge in [0.1, 0.15) is 11.8 Å². The minimum atomic E-state index is -0.446. The largest absolute Gasteiger partial charge is 0.457 e. The van der Waals surface area contributed by atoms with E-state index >= 15 is 0 Å². The topological polar surface area (TPSA) is 59.4 Å². The summed E-state index contributed by atoms with van der Waals surface area (Å²) in [7, 11) is 0. The molecule has 3 rings (SSSR count). The van der Waals surface area contributed by atoms with E-state index in [2.05, 4.69) is 4.98 Å². The number of aromatic nitrogens is 1. The summed E-state index contributed by atoms with van der Waals surface area (Å²) in [5, 5.41) is 10.3. The van der Waals surface area contributed by atoms with E-state index in [-0.39, 0.29) is 13.2 Å². The number of esters is 1. The maximum atomic E-state index is 12.1. The van der Waals surface area contributed by atoms with Crippen molar-refractivity contribution in [2.24, 2.45) is 0 Å². The first-order valence-corrected chi connectivity index (χ1v) is 9.21. The number of aliphatic hydroxyl groups is 1. The highest BCUT2D eigenvalue weighted by Gasteiger charge is 2.11. The Morgan fingerprint density at radius 2 is 1.96 bits per heavy atom. The number of ether oxygens (including phenoxy) is 1. The molecule has 0 spiro atoms. The number of thioether (sulfide) groups is 1. The van der Waals surface area contributed by atoms with Crippen LogP contribution in [0, 0.1) is 0 Å². The number of aliphatic hydroxyl groups excluding tert-OH is 1. The Labute approximate surface area is 154 Å². The van der Waals surface area contributed by atoms with Gasteiger partial charge in [-0.15, -0.1) is 11.8 Å². The van der Waals surface area contributed by atoms with Gasteiger partial charge < -0.3 is 9.84 Å². The summed E-state index contributed by atoms with van der Waals surface area (Å²) >= 11 is 7.87. The van der Waals surface area contributed by atoms with Crippen LogP contribution in [-0.4, -0.2) is 22.3 Å². The average Bonchev–Trinajstić information content (AvgIpc) is 2.65. The second kappa shape index (κ2) is 7.87. The third kappa shape index (κ3) is 4.12. The third-order valence-electron chi connectivity index (χ3n) is 3.78. The molecular formula is C19H16ClNO3S. The van der Waals surface area contributed by atoms with Gasteiger partial charge in [-0.1, -0.05) is 29.8 Å². The first kappa shape index (κ1) is 17.7. The van der Waals surface area contributed by atoms with Gasteiger partial charge >= 0.3 is 5.97 Å². The lowest BCUT2D eigenvalue weighted by Crippen LogP contribution is -2.06. The SMILES string of the molecule is CSc1ccc2cc(COC(=O)c3ccc(CO)cc3)c(Cl)nc2c1. The van der Waals surface area contributed by atoms with Gasteiger partial charge in [-0.3, -0.25) is 0 Å². The first-order chi connectivity index (χ1) is 12.1. The van der Waals surface area contributed by atoms with Gasteiger partial charge in [0.05, 0.1) is 17.7 Å². The van der Waals surface area contributed by atoms with Crippen LogP contribution in [0.5, 0.6) is 0 Å². The molecule has 6 heteroatoms. The van der Waals surface area contributed by atoms with Gasteiger partial charge in [0.2, 0.25) is 0 Å². The van der Waals surface area contributed by atoms with Gasteiger partial charge in [0, 0.05) is 15.8 Å². The van der Waals surface area contributed by atoms with Crippen LogP contribution in [0.25, 0.3) is 10.9 Å². The highest BCUT2D eigenvalue weighted by Crippen LogP contribution is 2.25. The minimum Gasteiger partial charge on any atom is -0.457 e. The number of pyridine rings is 1. The Hall–Kier alpha value is -2.08. The Bertz CT molecular complexity index is 912. The van der Waals surface area contributed by atoms with Gasteiger partial charge in [0.25, 0.3) is 0 Å². The van der Waals surface area contributed by atoms with E-state index in [1.165, 1.54) is 0 Å². The van der Waals surface area contributed by atoms with E-state index < -0.39 is 5.97 Å². The van der Waals surface area contributed by atoms with Crippen molar-refractivity contribution in [1.29, 1.82) is 0 Å². The van der Waals surface area contributed by atoms with E-state index in [9.17, 15) is 4.79 Å². The zero-order chi connectivity index (χ0) is 17.8. The van der Waals surface area contributed by atoms with Crippen molar-refractivity contribution in [3.63, 3.8) is 0 Å². The van der Waals surface area contributed by atoms with Crippen LogP contribution >= 0.6 is 23.4 Å². The fourth-order valence-corrected chi connectivity index (χ4v) is 3.00. The molecule has 3 aromatic rings. The number of carbonyl (C=O) groups is 1. The van der Waals surface area contributed by atoms with E-state index in [0.29, 0.717) is 16.3 Å². The standard InChI is InChI=1S/C19H16ClNO3S/c1-25-16-7-6-14-8-15(18(20)21-17(14)9-16)11-24-19(23)13-4-2-12(10-22)3-5-13/h2-9,22H,10-11H2,1H3. The fraction of sp³-hybridized carbons (Fsp3) is 0.158. The van der Waals surface area contributed by atoms with Gasteiger partial charge in [0.15, 0.2) is 0 Å². The molecule has 0 saturated carbocycles. The summed E-state index contributed by atoms with van der Waals surface area (Å²) in [5.74, 6) is -0.446. The Morgan fingerprint density at radius 1 is 1.20 bits per heavy atom. The van der Waals surface area contributed by atoms with Crippen molar-refractivity contribution in [3.8, 4) is 0 Å². The van der Waals surface area contributed by atoms with E-state index in [4.69, 9.17) is 21.4 Å². The maximum Gasteiger partial charge on any atom is 0.338 e. The molecule has 25 heavy (non-hydrogen) atoms. The summed E-state index contributed by atoms with van der Waals surface area (Å²) in [4.78, 5) is 17.6. The summed E-state index contributed by atoms with van der Waals surface area (Å²) in [6.45, 7) is -0.0153. The van der Waals surface area contributed by atoms with Crippen molar-refractivity contribution < 1.29 is 14.6 Å². The number of benzene rings is 2.